The summed E-state index contributed by atoms with van der Waals surface area (Å²) in [6.45, 7) is 5.22. The second-order valence-corrected chi connectivity index (χ2v) is 3.69. The van der Waals surface area contributed by atoms with Gasteiger partial charge in [-0.15, -0.1) is 0 Å². The number of Topliss-reactive ketones (excluding diaryl/α,β-unsaturated/α-hetero) is 1. The van der Waals surface area contributed by atoms with Gasteiger partial charge in [-0.1, -0.05) is 13.0 Å². The van der Waals surface area contributed by atoms with Gasteiger partial charge in [0.1, 0.15) is 0 Å². The van der Waals surface area contributed by atoms with Gasteiger partial charge >= 0.3 is 0 Å². The van der Waals surface area contributed by atoms with E-state index >= 15 is 0 Å². The lowest BCUT2D eigenvalue weighted by atomic mass is 10.1. The third-order valence-electron chi connectivity index (χ3n) is 2.72. The van der Waals surface area contributed by atoms with Gasteiger partial charge in [0.2, 0.25) is 0 Å². The average molecular weight is 181 g/mol. The Bertz CT molecular complexity index is 241. The largest absolute Gasteiger partial charge is 0.378 e. The zero-order chi connectivity index (χ0) is 9.26. The van der Waals surface area contributed by atoms with Gasteiger partial charge < -0.3 is 9.64 Å². The monoisotopic (exact) mass is 181 g/mol. The number of ketones is 1. The van der Waals surface area contributed by atoms with E-state index in [2.05, 4.69) is 11.0 Å². The molecule has 1 aliphatic carbocycles. The lowest BCUT2D eigenvalue weighted by Gasteiger charge is -2.29. The van der Waals surface area contributed by atoms with Crippen LogP contribution in [0.1, 0.15) is 13.3 Å². The van der Waals surface area contributed by atoms with Crippen molar-refractivity contribution >= 4 is 5.78 Å². The highest BCUT2D eigenvalue weighted by molar-refractivity contribution is 5.98. The van der Waals surface area contributed by atoms with E-state index in [-0.39, 0.29) is 5.92 Å². The molecule has 3 heteroatoms. The predicted molar refractivity (Wildman–Crippen MR) is 49.3 cm³/mol. The second kappa shape index (κ2) is 3.50. The summed E-state index contributed by atoms with van der Waals surface area (Å²) in [5, 5.41) is 0. The summed E-state index contributed by atoms with van der Waals surface area (Å²) in [5.74, 6) is 0.500. The minimum atomic E-state index is 0.192. The maximum absolute atomic E-state index is 11.7. The lowest BCUT2D eigenvalue weighted by molar-refractivity contribution is -0.119. The van der Waals surface area contributed by atoms with Gasteiger partial charge in [0.05, 0.1) is 18.9 Å². The topological polar surface area (TPSA) is 29.5 Å². The number of ether oxygens (including phenoxy) is 1. The SMILES string of the molecule is CC1CC=C(N2CCOCC2)C1=O. The molecule has 2 rings (SSSR count). The van der Waals surface area contributed by atoms with E-state index in [9.17, 15) is 4.79 Å². The second-order valence-electron chi connectivity index (χ2n) is 3.69. The number of hydrogen-bond acceptors (Lipinski definition) is 3. The molecule has 0 aromatic rings. The Balaban J connectivity index is 2.04. The minimum Gasteiger partial charge on any atom is -0.378 e. The first-order valence-corrected chi connectivity index (χ1v) is 4.86. The van der Waals surface area contributed by atoms with Crippen LogP contribution in [0.3, 0.4) is 0 Å². The third-order valence-corrected chi connectivity index (χ3v) is 2.72. The summed E-state index contributed by atoms with van der Waals surface area (Å²) in [6, 6.07) is 0. The molecule has 2 aliphatic rings. The van der Waals surface area contributed by atoms with Crippen molar-refractivity contribution < 1.29 is 9.53 Å². The van der Waals surface area contributed by atoms with Crippen LogP contribution >= 0.6 is 0 Å². The number of hydrogen-bond donors (Lipinski definition) is 0. The quantitative estimate of drug-likeness (QED) is 0.599. The van der Waals surface area contributed by atoms with Gasteiger partial charge in [-0.2, -0.15) is 0 Å². The van der Waals surface area contributed by atoms with Crippen molar-refractivity contribution in [1.29, 1.82) is 0 Å². The van der Waals surface area contributed by atoms with Crippen molar-refractivity contribution in [2.75, 3.05) is 26.3 Å². The summed E-state index contributed by atoms with van der Waals surface area (Å²) in [4.78, 5) is 13.8. The van der Waals surface area contributed by atoms with Crippen LogP contribution in [-0.4, -0.2) is 37.0 Å². The van der Waals surface area contributed by atoms with Crippen LogP contribution in [0.4, 0.5) is 0 Å². The van der Waals surface area contributed by atoms with Gasteiger partial charge in [-0.25, -0.2) is 0 Å². The molecular weight excluding hydrogens is 166 g/mol. The predicted octanol–water partition coefficient (Wildman–Crippen LogP) is 0.811. The molecule has 1 fully saturated rings. The highest BCUT2D eigenvalue weighted by Gasteiger charge is 2.27. The Morgan fingerprint density at radius 3 is 2.69 bits per heavy atom. The number of carbonyl (C=O) groups is 1. The average Bonchev–Trinajstić information content (AvgIpc) is 2.49. The summed E-state index contributed by atoms with van der Waals surface area (Å²) < 4.78 is 5.24. The van der Waals surface area contributed by atoms with Crippen molar-refractivity contribution in [3.63, 3.8) is 0 Å². The van der Waals surface area contributed by atoms with Gasteiger partial charge in [-0.3, -0.25) is 4.79 Å². The molecule has 1 saturated heterocycles. The zero-order valence-electron chi connectivity index (χ0n) is 7.95. The number of allylic oxidation sites excluding steroid dienone is 2. The summed E-state index contributed by atoms with van der Waals surface area (Å²) in [6.07, 6.45) is 2.98. The summed E-state index contributed by atoms with van der Waals surface area (Å²) in [5.41, 5.74) is 0.927. The molecule has 0 radical (unpaired) electrons. The van der Waals surface area contributed by atoms with E-state index in [4.69, 9.17) is 4.74 Å². The van der Waals surface area contributed by atoms with Crippen LogP contribution < -0.4 is 0 Å². The van der Waals surface area contributed by atoms with Crippen LogP contribution in [0.2, 0.25) is 0 Å². The third kappa shape index (κ3) is 1.61. The molecule has 0 N–H and O–H groups in total. The van der Waals surface area contributed by atoms with E-state index in [1.807, 2.05) is 6.92 Å². The molecule has 0 aromatic heterocycles. The Labute approximate surface area is 78.4 Å². The highest BCUT2D eigenvalue weighted by Crippen LogP contribution is 2.23. The van der Waals surface area contributed by atoms with Gasteiger partial charge in [0.25, 0.3) is 0 Å². The van der Waals surface area contributed by atoms with E-state index in [1.54, 1.807) is 0 Å². The molecule has 0 aromatic carbocycles. The van der Waals surface area contributed by atoms with E-state index < -0.39 is 0 Å². The molecule has 0 amide bonds. The summed E-state index contributed by atoms with van der Waals surface area (Å²) in [7, 11) is 0. The minimum absolute atomic E-state index is 0.192. The molecule has 0 bridgehead atoms. The molecular formula is C10H15NO2. The molecule has 3 nitrogen and oxygen atoms in total. The van der Waals surface area contributed by atoms with Gasteiger partial charge in [-0.05, 0) is 6.42 Å². The molecule has 1 unspecified atom stereocenters. The van der Waals surface area contributed by atoms with Crippen molar-refractivity contribution in [3.05, 3.63) is 11.8 Å². The van der Waals surface area contributed by atoms with Crippen molar-refractivity contribution in [3.8, 4) is 0 Å². The van der Waals surface area contributed by atoms with Crippen LogP contribution in [0.25, 0.3) is 0 Å². The van der Waals surface area contributed by atoms with Gasteiger partial charge in [0, 0.05) is 19.0 Å². The normalized spacial score (nSPS) is 29.3. The van der Waals surface area contributed by atoms with Crippen molar-refractivity contribution in [1.82, 2.24) is 4.90 Å². The fraction of sp³-hybridized carbons (Fsp3) is 0.700. The molecule has 1 heterocycles. The Morgan fingerprint density at radius 1 is 1.46 bits per heavy atom. The first kappa shape index (κ1) is 8.75. The first-order chi connectivity index (χ1) is 6.29. The fourth-order valence-corrected chi connectivity index (χ4v) is 1.84. The smallest absolute Gasteiger partial charge is 0.181 e. The van der Waals surface area contributed by atoms with E-state index in [0.717, 1.165) is 38.4 Å². The number of morpholine rings is 1. The van der Waals surface area contributed by atoms with E-state index in [1.165, 1.54) is 0 Å². The molecule has 0 spiro atoms. The van der Waals surface area contributed by atoms with Crippen LogP contribution in [0, 0.1) is 5.92 Å². The highest BCUT2D eigenvalue weighted by atomic mass is 16.5. The van der Waals surface area contributed by atoms with Crippen LogP contribution in [0.15, 0.2) is 11.8 Å². The Morgan fingerprint density at radius 2 is 2.15 bits per heavy atom. The maximum Gasteiger partial charge on any atom is 0.181 e. The standard InChI is InChI=1S/C10H15NO2/c1-8-2-3-9(10(8)12)11-4-6-13-7-5-11/h3,8H,2,4-7H2,1H3. The van der Waals surface area contributed by atoms with E-state index in [0.29, 0.717) is 5.78 Å². The zero-order valence-corrected chi connectivity index (χ0v) is 7.95. The number of nitrogens with zero attached hydrogens (tertiary/aromatic N) is 1. The maximum atomic E-state index is 11.7. The summed E-state index contributed by atoms with van der Waals surface area (Å²) >= 11 is 0. The molecule has 1 aliphatic heterocycles. The Kier molecular flexibility index (Phi) is 2.36. The molecule has 13 heavy (non-hydrogen) atoms. The molecule has 72 valence electrons. The molecule has 1 atom stereocenters. The van der Waals surface area contributed by atoms with Crippen LogP contribution in [-0.2, 0) is 9.53 Å². The fourth-order valence-electron chi connectivity index (χ4n) is 1.84. The number of rotatable bonds is 1. The lowest BCUT2D eigenvalue weighted by Crippen LogP contribution is -2.37. The van der Waals surface area contributed by atoms with Gasteiger partial charge in [0.15, 0.2) is 5.78 Å². The first-order valence-electron chi connectivity index (χ1n) is 4.86. The van der Waals surface area contributed by atoms with Crippen LogP contribution in [0.5, 0.6) is 0 Å². The molecule has 0 saturated carbocycles. The van der Waals surface area contributed by atoms with Crippen molar-refractivity contribution in [2.24, 2.45) is 5.92 Å². The van der Waals surface area contributed by atoms with Crippen molar-refractivity contribution in [2.45, 2.75) is 13.3 Å². The Hall–Kier alpha value is -0.830. The number of carbonyl (C=O) groups excluding carboxylic acids is 1.